The van der Waals surface area contributed by atoms with Gasteiger partial charge in [0.15, 0.2) is 0 Å². The lowest BCUT2D eigenvalue weighted by Gasteiger charge is -2.14. The molecule has 7 heteroatoms. The highest BCUT2D eigenvalue weighted by atomic mass is 19.4. The van der Waals surface area contributed by atoms with Crippen LogP contribution in [0.1, 0.15) is 11.3 Å². The summed E-state index contributed by atoms with van der Waals surface area (Å²) in [5.74, 6) is -2.41. The summed E-state index contributed by atoms with van der Waals surface area (Å²) < 4.78 is 58.1. The SMILES string of the molecule is Cc1c(O)ccc2c(=O)c(-c3ccc(F)cc3)c(C(F)(F)F)oc12. The highest BCUT2D eigenvalue weighted by molar-refractivity contribution is 5.86. The van der Waals surface area contributed by atoms with E-state index in [1.165, 1.54) is 19.1 Å². The molecule has 0 unspecified atom stereocenters. The predicted molar refractivity (Wildman–Crippen MR) is 79.3 cm³/mol. The zero-order valence-corrected chi connectivity index (χ0v) is 12.2. The van der Waals surface area contributed by atoms with Crippen LogP contribution in [0.4, 0.5) is 17.6 Å². The molecule has 0 bridgehead atoms. The minimum Gasteiger partial charge on any atom is -0.508 e. The fourth-order valence-corrected chi connectivity index (χ4v) is 2.46. The molecule has 124 valence electrons. The Balaban J connectivity index is 2.48. The van der Waals surface area contributed by atoms with Gasteiger partial charge in [-0.05, 0) is 36.8 Å². The van der Waals surface area contributed by atoms with Gasteiger partial charge in [-0.15, -0.1) is 0 Å². The number of hydrogen-bond acceptors (Lipinski definition) is 3. The number of aryl methyl sites for hydroxylation is 1. The molecule has 0 spiro atoms. The Morgan fingerprint density at radius 1 is 1.04 bits per heavy atom. The third-order valence-corrected chi connectivity index (χ3v) is 3.67. The zero-order valence-electron chi connectivity index (χ0n) is 12.2. The minimum atomic E-state index is -4.94. The Labute approximate surface area is 132 Å². The number of fused-ring (bicyclic) bond motifs is 1. The molecule has 0 aliphatic carbocycles. The largest absolute Gasteiger partial charge is 0.508 e. The van der Waals surface area contributed by atoms with Crippen molar-refractivity contribution < 1.29 is 27.1 Å². The van der Waals surface area contributed by atoms with Crippen LogP contribution in [-0.4, -0.2) is 5.11 Å². The van der Waals surface area contributed by atoms with E-state index in [0.717, 1.165) is 24.3 Å². The molecule has 3 aromatic rings. The first-order chi connectivity index (χ1) is 11.2. The van der Waals surface area contributed by atoms with Crippen LogP contribution in [0.15, 0.2) is 45.6 Å². The number of benzene rings is 2. The topological polar surface area (TPSA) is 50.4 Å². The molecule has 0 fully saturated rings. The zero-order chi connectivity index (χ0) is 17.6. The number of aromatic hydroxyl groups is 1. The maximum absolute atomic E-state index is 13.4. The van der Waals surface area contributed by atoms with Crippen molar-refractivity contribution in [3.05, 3.63) is 63.8 Å². The lowest BCUT2D eigenvalue weighted by molar-refractivity contribution is -0.152. The summed E-state index contributed by atoms with van der Waals surface area (Å²) in [5.41, 5.74) is -2.01. The number of alkyl halides is 3. The van der Waals surface area contributed by atoms with E-state index < -0.39 is 28.7 Å². The Bertz CT molecular complexity index is 986. The number of rotatable bonds is 1. The standard InChI is InChI=1S/C17H10F4O3/c1-8-12(22)7-6-11-14(23)13(9-2-4-10(18)5-3-9)16(17(19,20)21)24-15(8)11/h2-7,22H,1H3. The van der Waals surface area contributed by atoms with Crippen molar-refractivity contribution in [2.24, 2.45) is 0 Å². The molecule has 3 rings (SSSR count). The summed E-state index contributed by atoms with van der Waals surface area (Å²) in [4.78, 5) is 12.6. The van der Waals surface area contributed by atoms with Gasteiger partial charge in [0.1, 0.15) is 17.1 Å². The highest BCUT2D eigenvalue weighted by Gasteiger charge is 2.39. The Morgan fingerprint density at radius 2 is 1.67 bits per heavy atom. The third kappa shape index (κ3) is 2.51. The van der Waals surface area contributed by atoms with E-state index in [1.807, 2.05) is 0 Å². The van der Waals surface area contributed by atoms with Gasteiger partial charge in [0.25, 0.3) is 0 Å². The van der Waals surface area contributed by atoms with Gasteiger partial charge in [0.2, 0.25) is 11.2 Å². The van der Waals surface area contributed by atoms with Crippen molar-refractivity contribution in [2.75, 3.05) is 0 Å². The minimum absolute atomic E-state index is 0.0285. The average Bonchev–Trinajstić information content (AvgIpc) is 2.51. The summed E-state index contributed by atoms with van der Waals surface area (Å²) in [7, 11) is 0. The van der Waals surface area contributed by atoms with Crippen LogP contribution in [-0.2, 0) is 6.18 Å². The molecular weight excluding hydrogens is 328 g/mol. The Morgan fingerprint density at radius 3 is 2.25 bits per heavy atom. The summed E-state index contributed by atoms with van der Waals surface area (Å²) in [5, 5.41) is 9.53. The van der Waals surface area contributed by atoms with Crippen LogP contribution in [0.3, 0.4) is 0 Å². The first kappa shape index (κ1) is 16.0. The maximum Gasteiger partial charge on any atom is 0.450 e. The van der Waals surface area contributed by atoms with E-state index in [9.17, 15) is 27.5 Å². The molecule has 1 N–H and O–H groups in total. The Hall–Kier alpha value is -2.83. The molecule has 0 aliphatic rings. The van der Waals surface area contributed by atoms with Crippen LogP contribution in [0.2, 0.25) is 0 Å². The van der Waals surface area contributed by atoms with Gasteiger partial charge >= 0.3 is 6.18 Å². The molecule has 24 heavy (non-hydrogen) atoms. The van der Waals surface area contributed by atoms with Gasteiger partial charge in [-0.3, -0.25) is 4.79 Å². The summed E-state index contributed by atoms with van der Waals surface area (Å²) >= 11 is 0. The van der Waals surface area contributed by atoms with Crippen molar-refractivity contribution in [1.29, 1.82) is 0 Å². The molecule has 0 aliphatic heterocycles. The van der Waals surface area contributed by atoms with Crippen molar-refractivity contribution in [2.45, 2.75) is 13.1 Å². The van der Waals surface area contributed by atoms with Crippen molar-refractivity contribution in [1.82, 2.24) is 0 Å². The lowest BCUT2D eigenvalue weighted by atomic mass is 10.0. The normalized spacial score (nSPS) is 11.9. The van der Waals surface area contributed by atoms with Gasteiger partial charge in [0.05, 0.1) is 10.9 Å². The molecule has 0 atom stereocenters. The van der Waals surface area contributed by atoms with E-state index in [1.54, 1.807) is 0 Å². The van der Waals surface area contributed by atoms with Crippen molar-refractivity contribution in [3.8, 4) is 16.9 Å². The molecule has 0 amide bonds. The van der Waals surface area contributed by atoms with Gasteiger partial charge in [-0.2, -0.15) is 13.2 Å². The van der Waals surface area contributed by atoms with Gasteiger partial charge in [-0.1, -0.05) is 12.1 Å². The third-order valence-electron chi connectivity index (χ3n) is 3.67. The van der Waals surface area contributed by atoms with Crippen LogP contribution < -0.4 is 5.43 Å². The second-order valence-electron chi connectivity index (χ2n) is 5.23. The highest BCUT2D eigenvalue weighted by Crippen LogP contribution is 2.38. The predicted octanol–water partition coefficient (Wildman–Crippen LogP) is 4.63. The Kier molecular flexibility index (Phi) is 3.59. The molecule has 1 heterocycles. The van der Waals surface area contributed by atoms with Gasteiger partial charge in [0, 0.05) is 5.56 Å². The smallest absolute Gasteiger partial charge is 0.450 e. The number of halogens is 4. The summed E-state index contributed by atoms with van der Waals surface area (Å²) in [6.45, 7) is 1.35. The van der Waals surface area contributed by atoms with Crippen LogP contribution in [0.5, 0.6) is 5.75 Å². The fraction of sp³-hybridized carbons (Fsp3) is 0.118. The van der Waals surface area contributed by atoms with Crippen LogP contribution >= 0.6 is 0 Å². The van der Waals surface area contributed by atoms with E-state index >= 15 is 0 Å². The molecule has 0 radical (unpaired) electrons. The molecule has 3 nitrogen and oxygen atoms in total. The number of hydrogen-bond donors (Lipinski definition) is 1. The fourth-order valence-electron chi connectivity index (χ4n) is 2.46. The van der Waals surface area contributed by atoms with Crippen molar-refractivity contribution in [3.63, 3.8) is 0 Å². The summed E-state index contributed by atoms with van der Waals surface area (Å²) in [6, 6.07) is 6.47. The lowest BCUT2D eigenvalue weighted by Crippen LogP contribution is -2.16. The average molecular weight is 338 g/mol. The van der Waals surface area contributed by atoms with Gasteiger partial charge < -0.3 is 9.52 Å². The van der Waals surface area contributed by atoms with Crippen LogP contribution in [0.25, 0.3) is 22.1 Å². The van der Waals surface area contributed by atoms with E-state index in [0.29, 0.717) is 0 Å². The quantitative estimate of drug-likeness (QED) is 0.658. The van der Waals surface area contributed by atoms with Crippen molar-refractivity contribution >= 4 is 11.0 Å². The van der Waals surface area contributed by atoms with Gasteiger partial charge in [-0.25, -0.2) is 4.39 Å². The molecule has 0 saturated carbocycles. The molecule has 0 saturated heterocycles. The van der Waals surface area contributed by atoms with E-state index in [-0.39, 0.29) is 27.8 Å². The second kappa shape index (κ2) is 5.36. The van der Waals surface area contributed by atoms with E-state index in [2.05, 4.69) is 0 Å². The number of phenols is 1. The first-order valence-corrected chi connectivity index (χ1v) is 6.82. The number of phenolic OH excluding ortho intramolecular Hbond substituents is 1. The van der Waals surface area contributed by atoms with Crippen LogP contribution in [0, 0.1) is 12.7 Å². The maximum atomic E-state index is 13.4. The summed E-state index contributed by atoms with van der Waals surface area (Å²) in [6.07, 6.45) is -4.94. The first-order valence-electron chi connectivity index (χ1n) is 6.82. The second-order valence-corrected chi connectivity index (χ2v) is 5.23. The molecule has 2 aromatic carbocycles. The van der Waals surface area contributed by atoms with E-state index in [4.69, 9.17) is 4.42 Å². The monoisotopic (exact) mass is 338 g/mol. The molecular formula is C17H10F4O3. The molecule has 1 aromatic heterocycles.